The minimum Gasteiger partial charge on any atom is -0.323 e. The largest absolute Gasteiger partial charge is 0.323 e. The number of anilines is 1. The lowest BCUT2D eigenvalue weighted by molar-refractivity contribution is -0.151. The Bertz CT molecular complexity index is 655. The third-order valence-electron chi connectivity index (χ3n) is 6.15. The number of hydrogen-bond donors (Lipinski definition) is 1. The zero-order valence-corrected chi connectivity index (χ0v) is 15.2. The lowest BCUT2D eigenvalue weighted by Crippen LogP contribution is -2.65. The molecule has 0 aromatic heterocycles. The normalized spacial score (nSPS) is 30.1. The van der Waals surface area contributed by atoms with Gasteiger partial charge in [-0.2, -0.15) is 0 Å². The molecule has 0 saturated carbocycles. The third kappa shape index (κ3) is 2.68. The Balaban J connectivity index is 1.85. The summed E-state index contributed by atoms with van der Waals surface area (Å²) in [6.07, 6.45) is 4.57. The van der Waals surface area contributed by atoms with E-state index in [9.17, 15) is 9.18 Å². The number of piperidine rings is 2. The number of nitrogens with one attached hydrogen (secondary N) is 1. The maximum absolute atomic E-state index is 14.1. The number of carbonyl (C=O) groups excluding carboxylic acids is 1. The van der Waals surface area contributed by atoms with Crippen LogP contribution in [0.1, 0.15) is 45.1 Å². The first-order chi connectivity index (χ1) is 12.0. The highest BCUT2D eigenvalue weighted by molar-refractivity contribution is 6.05. The number of hydrogen-bond acceptors (Lipinski definition) is 3. The lowest BCUT2D eigenvalue weighted by atomic mass is 9.88. The van der Waals surface area contributed by atoms with Gasteiger partial charge in [0.1, 0.15) is 5.82 Å². The molecule has 3 aliphatic heterocycles. The highest BCUT2D eigenvalue weighted by Crippen LogP contribution is 2.46. The monoisotopic (exact) mass is 345 g/mol. The first-order valence-electron chi connectivity index (χ1n) is 9.63. The lowest BCUT2D eigenvalue weighted by Gasteiger charge is -2.51. The fourth-order valence-electron chi connectivity index (χ4n) is 5.04. The van der Waals surface area contributed by atoms with Crippen LogP contribution in [0.4, 0.5) is 10.1 Å². The van der Waals surface area contributed by atoms with Gasteiger partial charge in [-0.05, 0) is 55.7 Å². The molecule has 0 unspecified atom stereocenters. The van der Waals surface area contributed by atoms with Crippen molar-refractivity contribution < 1.29 is 9.18 Å². The molecule has 4 rings (SSSR count). The average Bonchev–Trinajstić information content (AvgIpc) is 2.87. The van der Waals surface area contributed by atoms with Gasteiger partial charge in [0.05, 0.1) is 0 Å². The summed E-state index contributed by atoms with van der Waals surface area (Å²) in [5, 5.41) is 3.05. The summed E-state index contributed by atoms with van der Waals surface area (Å²) < 4.78 is 14.1. The number of nitrogens with zero attached hydrogens (tertiary/aromatic N) is 2. The van der Waals surface area contributed by atoms with E-state index in [1.165, 1.54) is 18.9 Å². The van der Waals surface area contributed by atoms with Gasteiger partial charge >= 0.3 is 0 Å². The molecule has 2 atom stereocenters. The predicted octanol–water partition coefficient (Wildman–Crippen LogP) is 3.39. The van der Waals surface area contributed by atoms with Crippen molar-refractivity contribution in [1.82, 2.24) is 9.80 Å². The van der Waals surface area contributed by atoms with Crippen molar-refractivity contribution in [2.24, 2.45) is 11.8 Å². The molecule has 2 fully saturated rings. The Morgan fingerprint density at radius 2 is 1.68 bits per heavy atom. The molecule has 1 aromatic rings. The Morgan fingerprint density at radius 1 is 1.08 bits per heavy atom. The Kier molecular flexibility index (Phi) is 4.32. The van der Waals surface area contributed by atoms with Crippen LogP contribution in [0, 0.1) is 17.7 Å². The van der Waals surface area contributed by atoms with E-state index in [4.69, 9.17) is 0 Å². The predicted molar refractivity (Wildman–Crippen MR) is 96.6 cm³/mol. The molecule has 0 aliphatic carbocycles. The van der Waals surface area contributed by atoms with Crippen molar-refractivity contribution in [2.45, 2.75) is 45.2 Å². The summed E-state index contributed by atoms with van der Waals surface area (Å²) in [6, 6.07) is 4.73. The molecule has 0 bridgehead atoms. The van der Waals surface area contributed by atoms with E-state index < -0.39 is 5.66 Å². The summed E-state index contributed by atoms with van der Waals surface area (Å²) in [4.78, 5) is 18.0. The number of carbonyl (C=O) groups is 1. The third-order valence-corrected chi connectivity index (χ3v) is 6.15. The van der Waals surface area contributed by atoms with Gasteiger partial charge in [-0.1, -0.05) is 13.8 Å². The van der Waals surface area contributed by atoms with Crippen molar-refractivity contribution in [3.8, 4) is 0 Å². The molecule has 5 heteroatoms. The SMILES string of the molecule is C[C@@H]1CCCN(C2(N3CCC[C@@H](C)C3)C(=O)Nc3ccc(F)cc32)C1. The van der Waals surface area contributed by atoms with Crippen molar-refractivity contribution in [1.29, 1.82) is 0 Å². The van der Waals surface area contributed by atoms with Crippen molar-refractivity contribution in [3.63, 3.8) is 0 Å². The van der Waals surface area contributed by atoms with E-state index in [1.54, 1.807) is 12.1 Å². The second kappa shape index (κ2) is 6.36. The van der Waals surface area contributed by atoms with Gasteiger partial charge in [0.25, 0.3) is 5.91 Å². The molecule has 1 amide bonds. The van der Waals surface area contributed by atoms with Crippen molar-refractivity contribution in [3.05, 3.63) is 29.6 Å². The molecule has 3 aliphatic rings. The fraction of sp³-hybridized carbons (Fsp3) is 0.650. The number of likely N-dealkylation sites (tertiary alicyclic amines) is 2. The van der Waals surface area contributed by atoms with Crippen molar-refractivity contribution >= 4 is 11.6 Å². The van der Waals surface area contributed by atoms with Crippen LogP contribution in [0.3, 0.4) is 0 Å². The topological polar surface area (TPSA) is 35.6 Å². The zero-order chi connectivity index (χ0) is 17.6. The minimum atomic E-state index is -0.846. The maximum atomic E-state index is 14.1. The summed E-state index contributed by atoms with van der Waals surface area (Å²) in [7, 11) is 0. The second-order valence-corrected chi connectivity index (χ2v) is 8.20. The van der Waals surface area contributed by atoms with E-state index in [-0.39, 0.29) is 11.7 Å². The Hall–Kier alpha value is -1.46. The summed E-state index contributed by atoms with van der Waals surface area (Å²) in [6.45, 7) is 8.04. The standard InChI is InChI=1S/C20H28FN3O/c1-14-5-3-9-23(12-14)20(24-10-4-6-15(2)13-24)17-11-16(21)7-8-18(17)22-19(20)25/h7-8,11,14-15H,3-6,9-10,12-13H2,1-2H3,(H,22,25)/t14-,15-/m1/s1. The molecule has 2 saturated heterocycles. The molecule has 3 heterocycles. The van der Waals surface area contributed by atoms with E-state index in [2.05, 4.69) is 29.0 Å². The molecule has 0 spiro atoms. The van der Waals surface area contributed by atoms with Crippen LogP contribution < -0.4 is 5.32 Å². The number of amides is 1. The zero-order valence-electron chi connectivity index (χ0n) is 15.2. The van der Waals surface area contributed by atoms with Gasteiger partial charge in [0, 0.05) is 37.4 Å². The molecule has 1 aromatic carbocycles. The van der Waals surface area contributed by atoms with Gasteiger partial charge in [-0.15, -0.1) is 0 Å². The molecular formula is C20H28FN3O. The van der Waals surface area contributed by atoms with Gasteiger partial charge < -0.3 is 5.32 Å². The number of fused-ring (bicyclic) bond motifs is 1. The first kappa shape index (κ1) is 17.0. The number of rotatable bonds is 2. The second-order valence-electron chi connectivity index (χ2n) is 8.20. The molecule has 0 radical (unpaired) electrons. The molecule has 1 N–H and O–H groups in total. The fourth-order valence-corrected chi connectivity index (χ4v) is 5.04. The van der Waals surface area contributed by atoms with Crippen LogP contribution in [0.25, 0.3) is 0 Å². The summed E-state index contributed by atoms with van der Waals surface area (Å²) in [5.41, 5.74) is 0.726. The van der Waals surface area contributed by atoms with E-state index in [0.29, 0.717) is 11.8 Å². The van der Waals surface area contributed by atoms with Crippen LogP contribution in [0.5, 0.6) is 0 Å². The van der Waals surface area contributed by atoms with Crippen LogP contribution in [0.15, 0.2) is 18.2 Å². The van der Waals surface area contributed by atoms with Crippen LogP contribution in [-0.4, -0.2) is 41.9 Å². The van der Waals surface area contributed by atoms with Gasteiger partial charge in [0.2, 0.25) is 0 Å². The van der Waals surface area contributed by atoms with Gasteiger partial charge in [0.15, 0.2) is 5.66 Å². The number of halogens is 1. The van der Waals surface area contributed by atoms with Crippen LogP contribution in [0.2, 0.25) is 0 Å². The summed E-state index contributed by atoms with van der Waals surface area (Å²) in [5.74, 6) is 0.836. The van der Waals surface area contributed by atoms with Gasteiger partial charge in [-0.25, -0.2) is 4.39 Å². The van der Waals surface area contributed by atoms with E-state index >= 15 is 0 Å². The smallest absolute Gasteiger partial charge is 0.264 e. The maximum Gasteiger partial charge on any atom is 0.264 e. The van der Waals surface area contributed by atoms with Crippen LogP contribution in [-0.2, 0) is 10.5 Å². The highest BCUT2D eigenvalue weighted by atomic mass is 19.1. The van der Waals surface area contributed by atoms with Crippen LogP contribution >= 0.6 is 0 Å². The highest BCUT2D eigenvalue weighted by Gasteiger charge is 2.56. The molecule has 4 nitrogen and oxygen atoms in total. The molecule has 25 heavy (non-hydrogen) atoms. The van der Waals surface area contributed by atoms with E-state index in [1.807, 2.05) is 0 Å². The molecular weight excluding hydrogens is 317 g/mol. The first-order valence-corrected chi connectivity index (χ1v) is 9.63. The quantitative estimate of drug-likeness (QED) is 0.892. The Morgan fingerprint density at radius 3 is 2.24 bits per heavy atom. The number of benzene rings is 1. The van der Waals surface area contributed by atoms with Crippen molar-refractivity contribution in [2.75, 3.05) is 31.5 Å². The van der Waals surface area contributed by atoms with Gasteiger partial charge in [-0.3, -0.25) is 14.6 Å². The summed E-state index contributed by atoms with van der Waals surface area (Å²) >= 11 is 0. The van der Waals surface area contributed by atoms with E-state index in [0.717, 1.165) is 50.3 Å². The average molecular weight is 345 g/mol. The minimum absolute atomic E-state index is 0.00343. The molecule has 136 valence electrons. The Labute approximate surface area is 149 Å².